The van der Waals surface area contributed by atoms with Crippen LogP contribution in [0.1, 0.15) is 23.2 Å². The highest BCUT2D eigenvalue weighted by Crippen LogP contribution is 2.22. The number of hydrogen-bond acceptors (Lipinski definition) is 4. The molecule has 1 aliphatic rings. The maximum Gasteiger partial charge on any atom is 0.251 e. The molecule has 5 nitrogen and oxygen atoms in total. The van der Waals surface area contributed by atoms with Crippen molar-refractivity contribution in [1.29, 1.82) is 0 Å². The fraction of sp³-hybridized carbons (Fsp3) is 0.533. The number of benzene rings is 1. The molecule has 0 aliphatic carbocycles. The Bertz CT molecular complexity index is 475. The van der Waals surface area contributed by atoms with Gasteiger partial charge in [0.25, 0.3) is 5.91 Å². The highest BCUT2D eigenvalue weighted by Gasteiger charge is 2.17. The smallest absolute Gasteiger partial charge is 0.251 e. The zero-order chi connectivity index (χ0) is 14.5. The molecule has 0 saturated carbocycles. The van der Waals surface area contributed by atoms with Crippen LogP contribution in [0.4, 0.5) is 11.4 Å². The Kier molecular flexibility index (Phi) is 4.84. The van der Waals surface area contributed by atoms with Gasteiger partial charge in [-0.1, -0.05) is 0 Å². The Balaban J connectivity index is 1.99. The number of hydrogen-bond donors (Lipinski definition) is 3. The third kappa shape index (κ3) is 3.63. The number of piperidine rings is 1. The van der Waals surface area contributed by atoms with Crippen LogP contribution >= 0.6 is 0 Å². The Morgan fingerprint density at radius 2 is 2.30 bits per heavy atom. The fourth-order valence-corrected chi connectivity index (χ4v) is 2.69. The van der Waals surface area contributed by atoms with Crippen molar-refractivity contribution in [3.05, 3.63) is 23.8 Å². The highest BCUT2D eigenvalue weighted by atomic mass is 16.1. The summed E-state index contributed by atoms with van der Waals surface area (Å²) in [5.74, 6) is 0.544. The molecule has 1 aliphatic heterocycles. The molecule has 4 N–H and O–H groups in total. The topological polar surface area (TPSA) is 70.4 Å². The lowest BCUT2D eigenvalue weighted by Crippen LogP contribution is -2.35. The molecule has 2 rings (SSSR count). The van der Waals surface area contributed by atoms with E-state index in [0.29, 0.717) is 17.2 Å². The van der Waals surface area contributed by atoms with E-state index in [4.69, 9.17) is 5.73 Å². The van der Waals surface area contributed by atoms with E-state index >= 15 is 0 Å². The Morgan fingerprint density at radius 1 is 1.50 bits per heavy atom. The van der Waals surface area contributed by atoms with E-state index < -0.39 is 0 Å². The number of rotatable bonds is 4. The van der Waals surface area contributed by atoms with Crippen molar-refractivity contribution in [2.24, 2.45) is 5.92 Å². The van der Waals surface area contributed by atoms with Gasteiger partial charge in [0.05, 0.1) is 11.4 Å². The number of nitrogens with one attached hydrogen (secondary N) is 2. The lowest BCUT2D eigenvalue weighted by Gasteiger charge is -2.30. The van der Waals surface area contributed by atoms with E-state index in [1.54, 1.807) is 19.2 Å². The maximum absolute atomic E-state index is 11.6. The molecule has 110 valence electrons. The Morgan fingerprint density at radius 3 is 3.00 bits per heavy atom. The van der Waals surface area contributed by atoms with Crippen molar-refractivity contribution in [2.45, 2.75) is 12.8 Å². The van der Waals surface area contributed by atoms with Gasteiger partial charge in [-0.15, -0.1) is 0 Å². The number of carbonyl (C=O) groups is 1. The SMILES string of the molecule is CNC(=O)c1ccc(N)c(NCC2CCCN(C)C2)c1. The molecule has 1 amide bonds. The first-order valence-corrected chi connectivity index (χ1v) is 7.14. The second-order valence-electron chi connectivity index (χ2n) is 5.53. The molecule has 20 heavy (non-hydrogen) atoms. The zero-order valence-electron chi connectivity index (χ0n) is 12.3. The van der Waals surface area contributed by atoms with Gasteiger partial charge >= 0.3 is 0 Å². The van der Waals surface area contributed by atoms with Crippen LogP contribution < -0.4 is 16.4 Å². The molecule has 0 radical (unpaired) electrons. The van der Waals surface area contributed by atoms with Crippen molar-refractivity contribution in [3.63, 3.8) is 0 Å². The average Bonchev–Trinajstić information content (AvgIpc) is 2.45. The fourth-order valence-electron chi connectivity index (χ4n) is 2.69. The molecule has 1 aromatic rings. The van der Waals surface area contributed by atoms with Crippen molar-refractivity contribution in [3.8, 4) is 0 Å². The first kappa shape index (κ1) is 14.7. The predicted molar refractivity (Wildman–Crippen MR) is 83.0 cm³/mol. The lowest BCUT2D eigenvalue weighted by atomic mass is 9.98. The molecule has 1 unspecified atom stereocenters. The Labute approximate surface area is 120 Å². The molecular weight excluding hydrogens is 252 g/mol. The van der Waals surface area contributed by atoms with Crippen molar-refractivity contribution in [1.82, 2.24) is 10.2 Å². The molecule has 1 atom stereocenters. The number of anilines is 2. The number of nitrogens with zero attached hydrogens (tertiary/aromatic N) is 1. The number of amides is 1. The quantitative estimate of drug-likeness (QED) is 0.727. The van der Waals surface area contributed by atoms with E-state index in [2.05, 4.69) is 22.6 Å². The minimum Gasteiger partial charge on any atom is -0.397 e. The van der Waals surface area contributed by atoms with E-state index in [1.165, 1.54) is 19.4 Å². The lowest BCUT2D eigenvalue weighted by molar-refractivity contribution is 0.0963. The number of nitrogen functional groups attached to an aromatic ring is 1. The largest absolute Gasteiger partial charge is 0.397 e. The minimum atomic E-state index is -0.0922. The third-order valence-corrected chi connectivity index (χ3v) is 3.85. The molecule has 1 fully saturated rings. The van der Waals surface area contributed by atoms with Crippen LogP contribution in [0.3, 0.4) is 0 Å². The molecule has 1 saturated heterocycles. The summed E-state index contributed by atoms with van der Waals surface area (Å²) in [6.45, 7) is 3.19. The van der Waals surface area contributed by atoms with E-state index in [0.717, 1.165) is 18.8 Å². The number of nitrogens with two attached hydrogens (primary N) is 1. The van der Waals surface area contributed by atoms with Gasteiger partial charge < -0.3 is 21.3 Å². The molecule has 1 heterocycles. The molecule has 5 heteroatoms. The molecule has 0 spiro atoms. The van der Waals surface area contributed by atoms with Gasteiger partial charge in [-0.2, -0.15) is 0 Å². The van der Waals surface area contributed by atoms with E-state index in [-0.39, 0.29) is 5.91 Å². The van der Waals surface area contributed by atoms with Gasteiger partial charge in [-0.3, -0.25) is 4.79 Å². The molecule has 0 bridgehead atoms. The van der Waals surface area contributed by atoms with Gasteiger partial charge in [-0.05, 0) is 50.6 Å². The summed E-state index contributed by atoms with van der Waals surface area (Å²) >= 11 is 0. The molecule has 0 aromatic heterocycles. The summed E-state index contributed by atoms with van der Waals surface area (Å²) in [5, 5.41) is 6.02. The van der Waals surface area contributed by atoms with Crippen LogP contribution in [-0.4, -0.2) is 44.5 Å². The second kappa shape index (κ2) is 6.61. The van der Waals surface area contributed by atoms with Gasteiger partial charge in [0.2, 0.25) is 0 Å². The summed E-state index contributed by atoms with van der Waals surface area (Å²) in [6, 6.07) is 5.34. The standard InChI is InChI=1S/C15H24N4O/c1-17-15(20)12-5-6-13(16)14(8-12)18-9-11-4-3-7-19(2)10-11/h5-6,8,11,18H,3-4,7,9-10,16H2,1-2H3,(H,17,20). The molecular formula is C15H24N4O. The van der Waals surface area contributed by atoms with Crippen molar-refractivity contribution in [2.75, 3.05) is 44.8 Å². The summed E-state index contributed by atoms with van der Waals surface area (Å²) in [5.41, 5.74) is 8.13. The van der Waals surface area contributed by atoms with Gasteiger partial charge in [0.15, 0.2) is 0 Å². The van der Waals surface area contributed by atoms with Crippen LogP contribution in [-0.2, 0) is 0 Å². The second-order valence-corrected chi connectivity index (χ2v) is 5.53. The van der Waals surface area contributed by atoms with Gasteiger partial charge in [-0.25, -0.2) is 0 Å². The first-order valence-electron chi connectivity index (χ1n) is 7.14. The zero-order valence-corrected chi connectivity index (χ0v) is 12.3. The summed E-state index contributed by atoms with van der Waals surface area (Å²) in [6.07, 6.45) is 2.49. The summed E-state index contributed by atoms with van der Waals surface area (Å²) in [4.78, 5) is 14.0. The third-order valence-electron chi connectivity index (χ3n) is 3.85. The number of carbonyl (C=O) groups excluding carboxylic acids is 1. The van der Waals surface area contributed by atoms with E-state index in [1.807, 2.05) is 6.07 Å². The van der Waals surface area contributed by atoms with Crippen LogP contribution in [0.25, 0.3) is 0 Å². The number of likely N-dealkylation sites (tertiary alicyclic amines) is 1. The predicted octanol–water partition coefficient (Wildman–Crippen LogP) is 1.38. The highest BCUT2D eigenvalue weighted by molar-refractivity contribution is 5.96. The van der Waals surface area contributed by atoms with Gasteiger partial charge in [0, 0.05) is 25.7 Å². The van der Waals surface area contributed by atoms with Crippen LogP contribution in [0, 0.1) is 5.92 Å². The monoisotopic (exact) mass is 276 g/mol. The van der Waals surface area contributed by atoms with Crippen molar-refractivity contribution >= 4 is 17.3 Å². The van der Waals surface area contributed by atoms with E-state index in [9.17, 15) is 4.79 Å². The summed E-state index contributed by atoms with van der Waals surface area (Å²) < 4.78 is 0. The maximum atomic E-state index is 11.6. The Hall–Kier alpha value is -1.75. The van der Waals surface area contributed by atoms with Crippen LogP contribution in [0.15, 0.2) is 18.2 Å². The van der Waals surface area contributed by atoms with Crippen LogP contribution in [0.5, 0.6) is 0 Å². The normalized spacial score (nSPS) is 19.6. The summed E-state index contributed by atoms with van der Waals surface area (Å²) in [7, 11) is 3.79. The van der Waals surface area contributed by atoms with Crippen LogP contribution in [0.2, 0.25) is 0 Å². The van der Waals surface area contributed by atoms with Gasteiger partial charge in [0.1, 0.15) is 0 Å². The van der Waals surface area contributed by atoms with Crippen molar-refractivity contribution < 1.29 is 4.79 Å². The average molecular weight is 276 g/mol. The minimum absolute atomic E-state index is 0.0922. The first-order chi connectivity index (χ1) is 9.60. The molecule has 1 aromatic carbocycles.